The van der Waals surface area contributed by atoms with E-state index in [0.29, 0.717) is 25.1 Å². The molecule has 0 aliphatic heterocycles. The highest BCUT2D eigenvalue weighted by Gasteiger charge is 2.13. The second-order valence-corrected chi connectivity index (χ2v) is 3.53. The summed E-state index contributed by atoms with van der Waals surface area (Å²) in [6, 6.07) is 3.04. The molecule has 2 nitrogen and oxygen atoms in total. The monoisotopic (exact) mass is 229 g/mol. The minimum atomic E-state index is -0.896. The van der Waals surface area contributed by atoms with Gasteiger partial charge in [-0.2, -0.15) is 4.39 Å². The maximum atomic E-state index is 13.5. The van der Waals surface area contributed by atoms with Crippen LogP contribution in [-0.2, 0) is 6.42 Å². The van der Waals surface area contributed by atoms with Crippen molar-refractivity contribution >= 4 is 0 Å². The van der Waals surface area contributed by atoms with Crippen LogP contribution in [0.4, 0.5) is 8.78 Å². The van der Waals surface area contributed by atoms with Crippen molar-refractivity contribution in [1.29, 1.82) is 0 Å². The largest absolute Gasteiger partial charge is 0.491 e. The molecule has 0 saturated heterocycles. The van der Waals surface area contributed by atoms with Crippen LogP contribution in [0.15, 0.2) is 12.1 Å². The van der Waals surface area contributed by atoms with E-state index in [9.17, 15) is 8.78 Å². The normalized spacial score (nSPS) is 10.5. The molecule has 2 N–H and O–H groups in total. The fraction of sp³-hybridized carbons (Fsp3) is 0.500. The Bertz CT molecular complexity index is 342. The third kappa shape index (κ3) is 3.17. The Labute approximate surface area is 94.4 Å². The van der Waals surface area contributed by atoms with E-state index in [2.05, 4.69) is 0 Å². The fourth-order valence-electron chi connectivity index (χ4n) is 1.49. The second-order valence-electron chi connectivity index (χ2n) is 3.53. The lowest BCUT2D eigenvalue weighted by molar-refractivity contribution is 0.313. The zero-order valence-corrected chi connectivity index (χ0v) is 9.43. The number of unbranched alkanes of at least 4 members (excludes halogenated alkanes) is 1. The van der Waals surface area contributed by atoms with Crippen LogP contribution in [0.2, 0.25) is 0 Å². The number of halogens is 2. The summed E-state index contributed by atoms with van der Waals surface area (Å²) in [5, 5.41) is 0. The van der Waals surface area contributed by atoms with Gasteiger partial charge in [0.15, 0.2) is 11.6 Å². The van der Waals surface area contributed by atoms with Crippen LogP contribution in [-0.4, -0.2) is 13.2 Å². The highest BCUT2D eigenvalue weighted by atomic mass is 19.2. The van der Waals surface area contributed by atoms with Crippen LogP contribution in [0, 0.1) is 11.6 Å². The van der Waals surface area contributed by atoms with Crippen LogP contribution < -0.4 is 10.5 Å². The first kappa shape index (κ1) is 12.9. The Hall–Kier alpha value is -1.16. The molecule has 0 atom stereocenters. The molecule has 0 aliphatic carbocycles. The third-order valence-electron chi connectivity index (χ3n) is 2.33. The fourth-order valence-corrected chi connectivity index (χ4v) is 1.49. The molecule has 0 aliphatic rings. The van der Waals surface area contributed by atoms with Gasteiger partial charge in [0.05, 0.1) is 6.61 Å². The second kappa shape index (κ2) is 6.43. The standard InChI is InChI=1S/C12H17F2NO/c1-2-16-10-7-6-9(5-3-4-8-15)11(13)12(10)14/h6-7H,2-5,8,15H2,1H3. The molecule has 0 bridgehead atoms. The van der Waals surface area contributed by atoms with Gasteiger partial charge in [0.2, 0.25) is 5.82 Å². The Morgan fingerprint density at radius 2 is 1.94 bits per heavy atom. The Morgan fingerprint density at radius 1 is 1.19 bits per heavy atom. The highest BCUT2D eigenvalue weighted by Crippen LogP contribution is 2.23. The summed E-state index contributed by atoms with van der Waals surface area (Å²) in [5.41, 5.74) is 5.72. The molecule has 1 aromatic carbocycles. The predicted octanol–water partition coefficient (Wildman–Crippen LogP) is 2.64. The summed E-state index contributed by atoms with van der Waals surface area (Å²) in [6.45, 7) is 2.62. The van der Waals surface area contributed by atoms with E-state index in [0.717, 1.165) is 12.8 Å². The molecule has 0 radical (unpaired) electrons. The Balaban J connectivity index is 2.76. The maximum Gasteiger partial charge on any atom is 0.200 e. The number of benzene rings is 1. The first-order valence-electron chi connectivity index (χ1n) is 5.50. The number of nitrogens with two attached hydrogens (primary N) is 1. The molecular weight excluding hydrogens is 212 g/mol. The average Bonchev–Trinajstić information content (AvgIpc) is 2.28. The van der Waals surface area contributed by atoms with Crippen LogP contribution in [0.3, 0.4) is 0 Å². The number of hydrogen-bond acceptors (Lipinski definition) is 2. The first-order chi connectivity index (χ1) is 7.70. The summed E-state index contributed by atoms with van der Waals surface area (Å²) >= 11 is 0. The van der Waals surface area contributed by atoms with Gasteiger partial charge in [0, 0.05) is 0 Å². The molecule has 0 heterocycles. The summed E-state index contributed by atoms with van der Waals surface area (Å²) in [4.78, 5) is 0. The quantitative estimate of drug-likeness (QED) is 0.761. The van der Waals surface area contributed by atoms with Gasteiger partial charge in [-0.25, -0.2) is 4.39 Å². The van der Waals surface area contributed by atoms with Crippen molar-refractivity contribution in [2.75, 3.05) is 13.2 Å². The number of rotatable bonds is 6. The van der Waals surface area contributed by atoms with E-state index < -0.39 is 11.6 Å². The Morgan fingerprint density at radius 3 is 2.56 bits per heavy atom. The van der Waals surface area contributed by atoms with Crippen molar-refractivity contribution in [2.24, 2.45) is 5.73 Å². The average molecular weight is 229 g/mol. The minimum absolute atomic E-state index is 0.0254. The zero-order valence-electron chi connectivity index (χ0n) is 9.43. The lowest BCUT2D eigenvalue weighted by Gasteiger charge is -2.08. The smallest absolute Gasteiger partial charge is 0.200 e. The van der Waals surface area contributed by atoms with Gasteiger partial charge >= 0.3 is 0 Å². The van der Waals surface area contributed by atoms with Crippen LogP contribution >= 0.6 is 0 Å². The van der Waals surface area contributed by atoms with E-state index in [1.165, 1.54) is 6.07 Å². The van der Waals surface area contributed by atoms with Gasteiger partial charge < -0.3 is 10.5 Å². The summed E-state index contributed by atoms with van der Waals surface area (Å²) in [5.74, 6) is -1.72. The first-order valence-corrected chi connectivity index (χ1v) is 5.50. The minimum Gasteiger partial charge on any atom is -0.491 e. The van der Waals surface area contributed by atoms with Gasteiger partial charge in [0.25, 0.3) is 0 Å². The molecule has 1 aromatic rings. The molecule has 4 heteroatoms. The topological polar surface area (TPSA) is 35.2 Å². The molecule has 90 valence electrons. The van der Waals surface area contributed by atoms with E-state index in [4.69, 9.17) is 10.5 Å². The molecule has 0 amide bonds. The maximum absolute atomic E-state index is 13.5. The van der Waals surface area contributed by atoms with Crippen molar-refractivity contribution in [2.45, 2.75) is 26.2 Å². The lowest BCUT2D eigenvalue weighted by Crippen LogP contribution is -2.02. The van der Waals surface area contributed by atoms with Crippen molar-refractivity contribution in [1.82, 2.24) is 0 Å². The zero-order chi connectivity index (χ0) is 12.0. The third-order valence-corrected chi connectivity index (χ3v) is 2.33. The molecule has 0 spiro atoms. The van der Waals surface area contributed by atoms with Crippen LogP contribution in [0.5, 0.6) is 5.75 Å². The molecule has 16 heavy (non-hydrogen) atoms. The molecular formula is C12H17F2NO. The number of hydrogen-bond donors (Lipinski definition) is 1. The number of aryl methyl sites for hydroxylation is 1. The number of ether oxygens (including phenoxy) is 1. The van der Waals surface area contributed by atoms with E-state index in [-0.39, 0.29) is 5.75 Å². The van der Waals surface area contributed by atoms with Crippen LogP contribution in [0.1, 0.15) is 25.3 Å². The van der Waals surface area contributed by atoms with Crippen molar-refractivity contribution in [3.8, 4) is 5.75 Å². The summed E-state index contributed by atoms with van der Waals surface area (Å²) in [7, 11) is 0. The van der Waals surface area contributed by atoms with Gasteiger partial charge in [0.1, 0.15) is 0 Å². The van der Waals surface area contributed by atoms with E-state index >= 15 is 0 Å². The molecule has 0 aromatic heterocycles. The SMILES string of the molecule is CCOc1ccc(CCCCN)c(F)c1F. The van der Waals surface area contributed by atoms with Gasteiger partial charge in [-0.05, 0) is 44.4 Å². The molecule has 0 fully saturated rings. The van der Waals surface area contributed by atoms with E-state index in [1.807, 2.05) is 0 Å². The lowest BCUT2D eigenvalue weighted by atomic mass is 10.1. The van der Waals surface area contributed by atoms with Gasteiger partial charge in [-0.1, -0.05) is 6.07 Å². The molecule has 1 rings (SSSR count). The molecule has 0 unspecified atom stereocenters. The van der Waals surface area contributed by atoms with Gasteiger partial charge in [-0.15, -0.1) is 0 Å². The molecule has 0 saturated carbocycles. The predicted molar refractivity (Wildman–Crippen MR) is 59.5 cm³/mol. The van der Waals surface area contributed by atoms with Gasteiger partial charge in [-0.3, -0.25) is 0 Å². The van der Waals surface area contributed by atoms with Crippen molar-refractivity contribution in [3.05, 3.63) is 29.3 Å². The van der Waals surface area contributed by atoms with Crippen LogP contribution in [0.25, 0.3) is 0 Å². The summed E-state index contributed by atoms with van der Waals surface area (Å²) in [6.07, 6.45) is 2.08. The highest BCUT2D eigenvalue weighted by molar-refractivity contribution is 5.31. The van der Waals surface area contributed by atoms with Crippen molar-refractivity contribution < 1.29 is 13.5 Å². The van der Waals surface area contributed by atoms with E-state index in [1.54, 1.807) is 13.0 Å². The Kier molecular flexibility index (Phi) is 5.19. The summed E-state index contributed by atoms with van der Waals surface area (Å²) < 4.78 is 31.9. The van der Waals surface area contributed by atoms with Crippen molar-refractivity contribution in [3.63, 3.8) is 0 Å².